The van der Waals surface area contributed by atoms with E-state index in [1.54, 1.807) is 56.3 Å². The number of hydrogen-bond donors (Lipinski definition) is 1. The van der Waals surface area contributed by atoms with E-state index in [0.717, 1.165) is 0 Å². The first kappa shape index (κ1) is 23.4. The first-order valence-corrected chi connectivity index (χ1v) is 11.0. The van der Waals surface area contributed by atoms with Gasteiger partial charge in [0.1, 0.15) is 5.75 Å². The number of ketones is 1. The lowest BCUT2D eigenvalue weighted by molar-refractivity contribution is -0.119. The molecule has 0 amide bonds. The largest absolute Gasteiger partial charge is 0.477 e. The van der Waals surface area contributed by atoms with Crippen molar-refractivity contribution >= 4 is 42.0 Å². The number of hydrogen-bond acceptors (Lipinski definition) is 7. The number of ether oxygens (including phenoxy) is 1. The number of rotatable bonds is 10. The Balaban J connectivity index is 2.49. The van der Waals surface area contributed by atoms with Crippen LogP contribution in [0, 0.1) is 0 Å². The van der Waals surface area contributed by atoms with Gasteiger partial charge in [0.05, 0.1) is 13.2 Å². The van der Waals surface area contributed by atoms with Gasteiger partial charge in [0.25, 0.3) is 0 Å². The minimum absolute atomic E-state index is 0.0235. The molecule has 0 heterocycles. The van der Waals surface area contributed by atoms with Crippen LogP contribution in [0.5, 0.6) is 5.75 Å². The molecule has 0 saturated heterocycles. The SMILES string of the molecule is CCOP(=O)(OCC)/C(=N\O)C(=O)C(Oc1cccc(Cl)c1)c1ccc(Cl)cc1. The lowest BCUT2D eigenvalue weighted by Crippen LogP contribution is -2.28. The molecule has 2 aromatic carbocycles. The van der Waals surface area contributed by atoms with E-state index < -0.39 is 24.9 Å². The van der Waals surface area contributed by atoms with Gasteiger partial charge in [-0.1, -0.05) is 46.6 Å². The fourth-order valence-corrected chi connectivity index (χ4v) is 4.24. The van der Waals surface area contributed by atoms with Crippen LogP contribution in [0.15, 0.2) is 53.7 Å². The molecule has 0 aromatic heterocycles. The molecular formula is C19H20Cl2NO6P. The minimum atomic E-state index is -4.17. The van der Waals surface area contributed by atoms with Crippen molar-refractivity contribution < 1.29 is 28.4 Å². The zero-order valence-electron chi connectivity index (χ0n) is 15.7. The molecule has 156 valence electrons. The summed E-state index contributed by atoms with van der Waals surface area (Å²) in [5, 5.41) is 13.3. The fraction of sp³-hybridized carbons (Fsp3) is 0.263. The van der Waals surface area contributed by atoms with E-state index in [9.17, 15) is 14.6 Å². The predicted molar refractivity (Wildman–Crippen MR) is 111 cm³/mol. The Morgan fingerprint density at radius 2 is 1.69 bits per heavy atom. The Morgan fingerprint density at radius 3 is 2.21 bits per heavy atom. The Hall–Kier alpha value is -1.89. The van der Waals surface area contributed by atoms with Gasteiger partial charge in [-0.15, -0.1) is 0 Å². The van der Waals surface area contributed by atoms with Gasteiger partial charge in [-0.3, -0.25) is 9.36 Å². The van der Waals surface area contributed by atoms with Crippen molar-refractivity contribution in [2.75, 3.05) is 13.2 Å². The molecule has 29 heavy (non-hydrogen) atoms. The van der Waals surface area contributed by atoms with Crippen LogP contribution in [0.25, 0.3) is 0 Å². The molecule has 10 heteroatoms. The van der Waals surface area contributed by atoms with E-state index >= 15 is 0 Å². The van der Waals surface area contributed by atoms with Crippen molar-refractivity contribution in [2.45, 2.75) is 20.0 Å². The molecule has 0 aliphatic heterocycles. The highest BCUT2D eigenvalue weighted by Crippen LogP contribution is 2.51. The molecular weight excluding hydrogens is 440 g/mol. The van der Waals surface area contributed by atoms with Crippen LogP contribution in [0.3, 0.4) is 0 Å². The summed E-state index contributed by atoms with van der Waals surface area (Å²) >= 11 is 11.9. The zero-order chi connectivity index (χ0) is 21.4. The summed E-state index contributed by atoms with van der Waals surface area (Å²) in [7, 11) is -4.17. The summed E-state index contributed by atoms with van der Waals surface area (Å²) in [6.07, 6.45) is -1.31. The first-order valence-electron chi connectivity index (χ1n) is 8.68. The van der Waals surface area contributed by atoms with Gasteiger partial charge in [0, 0.05) is 15.6 Å². The van der Waals surface area contributed by atoms with Crippen molar-refractivity contribution in [3.05, 3.63) is 64.1 Å². The molecule has 2 aromatic rings. The smallest absolute Gasteiger partial charge is 0.386 e. The summed E-state index contributed by atoms with van der Waals surface area (Å²) < 4.78 is 29.1. The quantitative estimate of drug-likeness (QED) is 0.210. The number of nitrogens with zero attached hydrogens (tertiary/aromatic N) is 1. The maximum atomic E-state index is 13.2. The van der Waals surface area contributed by atoms with Gasteiger partial charge < -0.3 is 19.0 Å². The van der Waals surface area contributed by atoms with Gasteiger partial charge in [0.2, 0.25) is 11.2 Å². The second kappa shape index (κ2) is 10.8. The lowest BCUT2D eigenvalue weighted by atomic mass is 10.1. The molecule has 0 bridgehead atoms. The van der Waals surface area contributed by atoms with Crippen molar-refractivity contribution in [2.24, 2.45) is 5.16 Å². The Labute approximate surface area is 178 Å². The first-order chi connectivity index (χ1) is 13.8. The monoisotopic (exact) mass is 459 g/mol. The summed E-state index contributed by atoms with van der Waals surface area (Å²) in [5.74, 6) is -0.606. The molecule has 1 atom stereocenters. The number of oxime groups is 1. The van der Waals surface area contributed by atoms with Crippen LogP contribution in [0.4, 0.5) is 0 Å². The average Bonchev–Trinajstić information content (AvgIpc) is 2.68. The molecule has 0 radical (unpaired) electrons. The average molecular weight is 460 g/mol. The molecule has 0 aliphatic rings. The third-order valence-corrected chi connectivity index (χ3v) is 6.15. The van der Waals surface area contributed by atoms with Crippen LogP contribution in [-0.4, -0.2) is 29.7 Å². The molecule has 1 N–H and O–H groups in total. The molecule has 7 nitrogen and oxygen atoms in total. The number of carbonyl (C=O) groups is 1. The van der Waals surface area contributed by atoms with Crippen LogP contribution in [-0.2, 0) is 18.4 Å². The van der Waals surface area contributed by atoms with Gasteiger partial charge in [-0.05, 0) is 44.2 Å². The van der Waals surface area contributed by atoms with Gasteiger partial charge in [-0.25, -0.2) is 0 Å². The zero-order valence-corrected chi connectivity index (χ0v) is 18.2. The summed E-state index contributed by atoms with van der Waals surface area (Å²) in [6.45, 7) is 3.10. The number of benzene rings is 2. The molecule has 0 aliphatic carbocycles. The van der Waals surface area contributed by atoms with Crippen molar-refractivity contribution in [3.63, 3.8) is 0 Å². The second-order valence-electron chi connectivity index (χ2n) is 5.63. The molecule has 0 saturated carbocycles. The van der Waals surface area contributed by atoms with Crippen LogP contribution in [0.2, 0.25) is 10.0 Å². The van der Waals surface area contributed by atoms with E-state index in [1.807, 2.05) is 0 Å². The Morgan fingerprint density at radius 1 is 1.07 bits per heavy atom. The summed E-state index contributed by atoms with van der Waals surface area (Å²) in [6, 6.07) is 12.7. The van der Waals surface area contributed by atoms with Crippen molar-refractivity contribution in [1.29, 1.82) is 0 Å². The Kier molecular flexibility index (Phi) is 8.68. The van der Waals surface area contributed by atoms with E-state index in [2.05, 4.69) is 5.16 Å². The van der Waals surface area contributed by atoms with Crippen LogP contribution >= 0.6 is 30.8 Å². The normalized spacial score (nSPS) is 13.2. The topological polar surface area (TPSA) is 94.4 Å². The highest BCUT2D eigenvalue weighted by molar-refractivity contribution is 7.75. The van der Waals surface area contributed by atoms with Crippen molar-refractivity contribution in [1.82, 2.24) is 0 Å². The van der Waals surface area contributed by atoms with Gasteiger partial charge >= 0.3 is 7.60 Å². The number of halogens is 2. The van der Waals surface area contributed by atoms with E-state index in [0.29, 0.717) is 15.6 Å². The standard InChI is InChI=1S/C19H20Cl2NO6P/c1-3-26-29(25,27-4-2)19(22-24)17(23)18(13-8-10-14(20)11-9-13)28-16-7-5-6-15(21)12-16/h5-12,18,24H,3-4H2,1-2H3/b22-19-. The highest BCUT2D eigenvalue weighted by Gasteiger charge is 2.42. The van der Waals surface area contributed by atoms with Crippen LogP contribution in [0.1, 0.15) is 25.5 Å². The second-order valence-corrected chi connectivity index (χ2v) is 8.44. The third-order valence-electron chi connectivity index (χ3n) is 3.63. The number of Topliss-reactive ketones (excluding diaryl/α,β-unsaturated/α-hetero) is 1. The molecule has 0 spiro atoms. The molecule has 0 fully saturated rings. The Bertz CT molecular complexity index is 909. The van der Waals surface area contributed by atoms with Crippen molar-refractivity contribution in [3.8, 4) is 5.75 Å². The number of carbonyl (C=O) groups excluding carboxylic acids is 1. The predicted octanol–water partition coefficient (Wildman–Crippen LogP) is 5.74. The third kappa shape index (κ3) is 6.04. The summed E-state index contributed by atoms with van der Waals surface area (Å²) in [4.78, 5) is 13.2. The highest BCUT2D eigenvalue weighted by atomic mass is 35.5. The maximum Gasteiger partial charge on any atom is 0.386 e. The van der Waals surface area contributed by atoms with E-state index in [-0.39, 0.29) is 19.0 Å². The van der Waals surface area contributed by atoms with Crippen LogP contribution < -0.4 is 4.74 Å². The van der Waals surface area contributed by atoms with Gasteiger partial charge in [0.15, 0.2) is 6.10 Å². The van der Waals surface area contributed by atoms with Gasteiger partial charge in [-0.2, -0.15) is 0 Å². The molecule has 1 unspecified atom stereocenters. The maximum absolute atomic E-state index is 13.2. The minimum Gasteiger partial charge on any atom is -0.477 e. The fourth-order valence-electron chi connectivity index (χ4n) is 2.44. The summed E-state index contributed by atoms with van der Waals surface area (Å²) in [5.41, 5.74) is -0.372. The lowest BCUT2D eigenvalue weighted by Gasteiger charge is -2.22. The van der Waals surface area contributed by atoms with E-state index in [4.69, 9.17) is 37.0 Å². The molecule has 2 rings (SSSR count). The van der Waals surface area contributed by atoms with E-state index in [1.165, 1.54) is 6.07 Å².